The molecule has 230 valence electrons. The average molecular weight is 611 g/mol. The molecular weight excluding hydrogens is 576 g/mol. The van der Waals surface area contributed by atoms with E-state index in [4.69, 9.17) is 18.9 Å². The Labute approximate surface area is 267 Å². The summed E-state index contributed by atoms with van der Waals surface area (Å²) >= 11 is 0. The number of hydrogen-bond donors (Lipinski definition) is 0. The fraction of sp³-hybridized carbons (Fsp3) is 0.150. The lowest BCUT2D eigenvalue weighted by Crippen LogP contribution is -2.16. The number of rotatable bonds is 11. The summed E-state index contributed by atoms with van der Waals surface area (Å²) < 4.78 is 23.4. The molecule has 0 atom stereocenters. The molecule has 0 aliphatic carbocycles. The molecule has 0 saturated heterocycles. The van der Waals surface area contributed by atoms with Crippen molar-refractivity contribution in [3.05, 3.63) is 121 Å². The van der Waals surface area contributed by atoms with Crippen LogP contribution < -0.4 is 9.47 Å². The number of ether oxygens (including phenoxy) is 4. The molecule has 6 aromatic carbocycles. The first-order valence-corrected chi connectivity index (χ1v) is 15.1. The molecule has 0 saturated carbocycles. The summed E-state index contributed by atoms with van der Waals surface area (Å²) in [7, 11) is 0. The number of carbonyl (C=O) groups excluding carboxylic acids is 2. The Morgan fingerprint density at radius 3 is 1.33 bits per heavy atom. The van der Waals surface area contributed by atoms with Gasteiger partial charge in [0.15, 0.2) is 13.2 Å². The maximum atomic E-state index is 12.7. The fourth-order valence-corrected chi connectivity index (χ4v) is 5.99. The van der Waals surface area contributed by atoms with Gasteiger partial charge in [-0.1, -0.05) is 121 Å². The Kier molecular flexibility index (Phi) is 8.70. The number of aryl methyl sites for hydroxylation is 2. The van der Waals surface area contributed by atoms with E-state index in [9.17, 15) is 9.59 Å². The average Bonchev–Trinajstić information content (AvgIpc) is 3.07. The third-order valence-corrected chi connectivity index (χ3v) is 7.91. The minimum Gasteiger partial charge on any atom is -0.481 e. The van der Waals surface area contributed by atoms with Crippen LogP contribution >= 0.6 is 0 Å². The molecule has 0 bridgehead atoms. The Morgan fingerprint density at radius 2 is 0.935 bits per heavy atom. The summed E-state index contributed by atoms with van der Waals surface area (Å²) in [6.07, 6.45) is 3.04. The van der Waals surface area contributed by atoms with E-state index in [1.54, 1.807) is 0 Å². The van der Waals surface area contributed by atoms with Crippen LogP contribution in [0.2, 0.25) is 0 Å². The minimum absolute atomic E-state index is 0.0847. The van der Waals surface area contributed by atoms with Crippen LogP contribution in [0.3, 0.4) is 0 Å². The highest BCUT2D eigenvalue weighted by Crippen LogP contribution is 2.52. The summed E-state index contributed by atoms with van der Waals surface area (Å²) in [4.78, 5) is 25.5. The van der Waals surface area contributed by atoms with Crippen molar-refractivity contribution in [3.63, 3.8) is 0 Å². The highest BCUT2D eigenvalue weighted by atomic mass is 16.6. The molecule has 6 rings (SSSR count). The van der Waals surface area contributed by atoms with Crippen LogP contribution in [-0.2, 0) is 19.1 Å². The van der Waals surface area contributed by atoms with Crippen LogP contribution in [-0.4, -0.2) is 38.4 Å². The highest BCUT2D eigenvalue weighted by Gasteiger charge is 2.26. The molecule has 46 heavy (non-hydrogen) atoms. The van der Waals surface area contributed by atoms with Gasteiger partial charge in [-0.05, 0) is 46.2 Å². The van der Waals surface area contributed by atoms with Crippen LogP contribution in [0.1, 0.15) is 11.1 Å². The van der Waals surface area contributed by atoms with Crippen molar-refractivity contribution in [2.75, 3.05) is 26.4 Å². The second kappa shape index (κ2) is 13.2. The van der Waals surface area contributed by atoms with Crippen molar-refractivity contribution >= 4 is 55.0 Å². The van der Waals surface area contributed by atoms with Crippen molar-refractivity contribution in [2.24, 2.45) is 0 Å². The zero-order chi connectivity index (χ0) is 32.2. The summed E-state index contributed by atoms with van der Waals surface area (Å²) in [5, 5.41) is 7.50. The summed E-state index contributed by atoms with van der Waals surface area (Å²) in [6.45, 7) is 10.9. The van der Waals surface area contributed by atoms with Gasteiger partial charge in [-0.25, -0.2) is 9.59 Å². The normalized spacial score (nSPS) is 11.1. The first kappa shape index (κ1) is 30.4. The molecule has 0 N–H and O–H groups in total. The maximum Gasteiger partial charge on any atom is 0.344 e. The molecule has 0 amide bonds. The second-order valence-corrected chi connectivity index (χ2v) is 11.1. The molecule has 6 heteroatoms. The molecule has 6 aromatic rings. The SMILES string of the molecule is C=CCOC(=O)COc1c(-c2c(OCC(=O)OCC=C)c3ccccc3c3cc(C)ccc23)c2ccc(C)cc2c2ccccc12. The monoisotopic (exact) mass is 610 g/mol. The number of fused-ring (bicyclic) bond motifs is 6. The topological polar surface area (TPSA) is 71.1 Å². The van der Waals surface area contributed by atoms with Crippen LogP contribution in [0.25, 0.3) is 54.2 Å². The third-order valence-electron chi connectivity index (χ3n) is 7.91. The largest absolute Gasteiger partial charge is 0.481 e. The van der Waals surface area contributed by atoms with Crippen LogP contribution in [0.4, 0.5) is 0 Å². The number of benzene rings is 6. The van der Waals surface area contributed by atoms with E-state index >= 15 is 0 Å². The van der Waals surface area contributed by atoms with Gasteiger partial charge < -0.3 is 18.9 Å². The van der Waals surface area contributed by atoms with E-state index in [2.05, 4.69) is 75.5 Å². The number of esters is 2. The maximum absolute atomic E-state index is 12.7. The fourth-order valence-electron chi connectivity index (χ4n) is 5.99. The molecule has 0 heterocycles. The Morgan fingerprint density at radius 1 is 0.543 bits per heavy atom. The molecule has 0 aliphatic rings. The van der Waals surface area contributed by atoms with Gasteiger partial charge in [-0.15, -0.1) is 0 Å². The molecule has 0 unspecified atom stereocenters. The minimum atomic E-state index is -0.514. The highest BCUT2D eigenvalue weighted by molar-refractivity contribution is 6.25. The van der Waals surface area contributed by atoms with Crippen LogP contribution in [0.5, 0.6) is 11.5 Å². The number of carbonyl (C=O) groups is 2. The number of hydrogen-bond acceptors (Lipinski definition) is 6. The molecule has 0 aliphatic heterocycles. The predicted molar refractivity (Wildman–Crippen MR) is 185 cm³/mol. The molecule has 0 radical (unpaired) electrons. The summed E-state index contributed by atoms with van der Waals surface area (Å²) in [5.41, 5.74) is 3.70. The smallest absolute Gasteiger partial charge is 0.344 e. The lowest BCUT2D eigenvalue weighted by atomic mass is 9.86. The zero-order valence-electron chi connectivity index (χ0n) is 25.9. The lowest BCUT2D eigenvalue weighted by molar-refractivity contribution is -0.145. The Bertz CT molecular complexity index is 2000. The van der Waals surface area contributed by atoms with Gasteiger partial charge in [-0.2, -0.15) is 0 Å². The second-order valence-electron chi connectivity index (χ2n) is 11.1. The van der Waals surface area contributed by atoms with E-state index in [1.807, 2.05) is 36.4 Å². The zero-order valence-corrected chi connectivity index (χ0v) is 25.9. The van der Waals surface area contributed by atoms with E-state index in [1.165, 1.54) is 12.2 Å². The van der Waals surface area contributed by atoms with E-state index < -0.39 is 11.9 Å². The van der Waals surface area contributed by atoms with Gasteiger partial charge >= 0.3 is 11.9 Å². The van der Waals surface area contributed by atoms with Crippen LogP contribution in [0, 0.1) is 13.8 Å². The molecule has 0 fully saturated rings. The molecular formula is C40H34O6. The predicted octanol–water partition coefficient (Wildman–Crippen LogP) is 8.80. The van der Waals surface area contributed by atoms with E-state index in [0.717, 1.165) is 65.3 Å². The first-order chi connectivity index (χ1) is 22.4. The molecule has 6 nitrogen and oxygen atoms in total. The quantitative estimate of drug-likeness (QED) is 0.0830. The first-order valence-electron chi connectivity index (χ1n) is 15.1. The van der Waals surface area contributed by atoms with Crippen molar-refractivity contribution in [3.8, 4) is 22.6 Å². The summed E-state index contributed by atoms with van der Waals surface area (Å²) in [5.74, 6) is -0.00350. The molecule has 0 spiro atoms. The van der Waals surface area contributed by atoms with E-state index in [0.29, 0.717) is 11.5 Å². The Hall–Kier alpha value is -5.62. The molecule has 0 aromatic heterocycles. The van der Waals surface area contributed by atoms with Gasteiger partial charge in [0.05, 0.1) is 0 Å². The van der Waals surface area contributed by atoms with Crippen molar-refractivity contribution < 1.29 is 28.5 Å². The Balaban J connectivity index is 1.73. The van der Waals surface area contributed by atoms with Crippen molar-refractivity contribution in [2.45, 2.75) is 13.8 Å². The lowest BCUT2D eigenvalue weighted by Gasteiger charge is -2.23. The standard InChI is InChI=1S/C40H34O6/c1-5-19-43-35(41)23-45-39-31-13-9-7-11-27(31)33-21-25(3)15-17-29(33)37(39)38-30-18-16-26(4)22-34(30)28-12-8-10-14-32(28)40(38)46-24-36(42)44-20-6-2/h5-18,21-22H,1-2,19-20,23-24H2,3-4H3. The van der Waals surface area contributed by atoms with E-state index in [-0.39, 0.29) is 26.4 Å². The van der Waals surface area contributed by atoms with Gasteiger partial charge in [0, 0.05) is 21.9 Å². The third kappa shape index (κ3) is 5.77. The van der Waals surface area contributed by atoms with Gasteiger partial charge in [0.25, 0.3) is 0 Å². The van der Waals surface area contributed by atoms with Gasteiger partial charge in [0.1, 0.15) is 24.7 Å². The van der Waals surface area contributed by atoms with Gasteiger partial charge in [0.2, 0.25) is 0 Å². The van der Waals surface area contributed by atoms with Gasteiger partial charge in [-0.3, -0.25) is 0 Å². The van der Waals surface area contributed by atoms with Crippen LogP contribution in [0.15, 0.2) is 110 Å². The van der Waals surface area contributed by atoms with Crippen molar-refractivity contribution in [1.29, 1.82) is 0 Å². The summed E-state index contributed by atoms with van der Waals surface area (Å²) in [6, 6.07) is 28.6. The van der Waals surface area contributed by atoms with Crippen molar-refractivity contribution in [1.82, 2.24) is 0 Å².